The Hall–Kier alpha value is -2.78. The van der Waals surface area contributed by atoms with Crippen molar-refractivity contribution in [3.63, 3.8) is 0 Å². The van der Waals surface area contributed by atoms with E-state index in [0.29, 0.717) is 0 Å². The summed E-state index contributed by atoms with van der Waals surface area (Å²) < 4.78 is 6.84. The van der Waals surface area contributed by atoms with Crippen LogP contribution in [0.3, 0.4) is 0 Å². The Labute approximate surface area is 213 Å². The van der Waals surface area contributed by atoms with Crippen molar-refractivity contribution >= 4 is 0 Å². The molecule has 2 aromatic rings. The molecule has 0 fully saturated rings. The van der Waals surface area contributed by atoms with Gasteiger partial charge in [-0.1, -0.05) is 46.6 Å². The van der Waals surface area contributed by atoms with E-state index in [1.807, 2.05) is 24.8 Å². The van der Waals surface area contributed by atoms with E-state index in [2.05, 4.69) is 100 Å². The molecule has 0 bridgehead atoms. The van der Waals surface area contributed by atoms with Gasteiger partial charge in [-0.05, 0) is 115 Å². The van der Waals surface area contributed by atoms with Gasteiger partial charge < -0.3 is 4.74 Å². The summed E-state index contributed by atoms with van der Waals surface area (Å²) in [5, 5.41) is 0. The van der Waals surface area contributed by atoms with Crippen molar-refractivity contribution in [2.75, 3.05) is 0 Å². The first-order chi connectivity index (χ1) is 16.8. The zero-order valence-corrected chi connectivity index (χ0v) is 22.6. The van der Waals surface area contributed by atoms with Gasteiger partial charge in [-0.2, -0.15) is 0 Å². The third-order valence-electron chi connectivity index (χ3n) is 6.03. The highest BCUT2D eigenvalue weighted by molar-refractivity contribution is 5.19. The minimum absolute atomic E-state index is 0.0334. The van der Waals surface area contributed by atoms with Crippen molar-refractivity contribution in [1.29, 1.82) is 0 Å². The van der Waals surface area contributed by atoms with Gasteiger partial charge in [0.25, 0.3) is 0 Å². The lowest BCUT2D eigenvalue weighted by atomic mass is 10.0. The van der Waals surface area contributed by atoms with Crippen molar-refractivity contribution < 1.29 is 4.74 Å². The highest BCUT2D eigenvalue weighted by atomic mass is 16.5. The number of aromatic nitrogens is 2. The lowest BCUT2D eigenvalue weighted by molar-refractivity contribution is -0.0123. The molecule has 3 nitrogen and oxygen atoms in total. The normalized spacial score (nSPS) is 13.8. The number of ether oxygens (including phenoxy) is 1. The van der Waals surface area contributed by atoms with Crippen molar-refractivity contribution in [3.05, 3.63) is 107 Å². The summed E-state index contributed by atoms with van der Waals surface area (Å²) in [6.45, 7) is 13.1. The first-order valence-electron chi connectivity index (χ1n) is 12.9. The van der Waals surface area contributed by atoms with E-state index < -0.39 is 0 Å². The van der Waals surface area contributed by atoms with Gasteiger partial charge in [-0.3, -0.25) is 9.97 Å². The van der Waals surface area contributed by atoms with Crippen LogP contribution in [0.2, 0.25) is 0 Å². The van der Waals surface area contributed by atoms with Crippen LogP contribution >= 0.6 is 0 Å². The molecule has 188 valence electrons. The molecule has 0 saturated heterocycles. The van der Waals surface area contributed by atoms with Gasteiger partial charge in [0.05, 0.1) is 12.2 Å². The van der Waals surface area contributed by atoms with Crippen molar-refractivity contribution in [2.24, 2.45) is 0 Å². The molecule has 0 aromatic carbocycles. The van der Waals surface area contributed by atoms with E-state index in [1.54, 1.807) is 0 Å². The highest BCUT2D eigenvalue weighted by Gasteiger charge is 2.19. The van der Waals surface area contributed by atoms with Crippen LogP contribution in [0.4, 0.5) is 0 Å². The molecule has 2 aromatic heterocycles. The largest absolute Gasteiger partial charge is 0.365 e. The number of hydrogen-bond acceptors (Lipinski definition) is 3. The van der Waals surface area contributed by atoms with Gasteiger partial charge in [-0.25, -0.2) is 0 Å². The van der Waals surface area contributed by atoms with Crippen LogP contribution in [0.15, 0.2) is 95.6 Å². The Balaban J connectivity index is 2.20. The number of pyridine rings is 2. The Bertz CT molecular complexity index is 897. The Morgan fingerprint density at radius 1 is 0.629 bits per heavy atom. The molecule has 0 aliphatic heterocycles. The summed E-state index contributed by atoms with van der Waals surface area (Å²) in [5.74, 6) is 0. The zero-order valence-electron chi connectivity index (χ0n) is 22.6. The second-order valence-corrected chi connectivity index (χ2v) is 9.89. The monoisotopic (exact) mass is 472 g/mol. The van der Waals surface area contributed by atoms with Crippen LogP contribution in [0.1, 0.15) is 103 Å². The van der Waals surface area contributed by atoms with Gasteiger partial charge in [-0.15, -0.1) is 0 Å². The Morgan fingerprint density at radius 3 is 1.34 bits per heavy atom. The molecule has 0 aliphatic carbocycles. The minimum atomic E-state index is -0.0334. The van der Waals surface area contributed by atoms with Crippen LogP contribution in [-0.2, 0) is 4.74 Å². The molecule has 2 atom stereocenters. The predicted octanol–water partition coefficient (Wildman–Crippen LogP) is 9.44. The smallest absolute Gasteiger partial charge is 0.0869 e. The third kappa shape index (κ3) is 12.0. The zero-order chi connectivity index (χ0) is 25.5. The average Bonchev–Trinajstić information content (AvgIpc) is 2.84. The molecule has 3 heteroatoms. The highest BCUT2D eigenvalue weighted by Crippen LogP contribution is 2.32. The summed E-state index contributed by atoms with van der Waals surface area (Å²) in [7, 11) is 0. The fourth-order valence-corrected chi connectivity index (χ4v) is 3.89. The van der Waals surface area contributed by atoms with Gasteiger partial charge >= 0.3 is 0 Å². The molecule has 0 amide bonds. The van der Waals surface area contributed by atoms with E-state index in [1.165, 1.54) is 22.3 Å². The number of hydrogen-bond donors (Lipinski definition) is 0. The van der Waals surface area contributed by atoms with Crippen LogP contribution in [-0.4, -0.2) is 9.97 Å². The van der Waals surface area contributed by atoms with Gasteiger partial charge in [0.15, 0.2) is 0 Å². The van der Waals surface area contributed by atoms with Crippen molar-refractivity contribution in [3.8, 4) is 0 Å². The summed E-state index contributed by atoms with van der Waals surface area (Å²) in [4.78, 5) is 8.44. The summed E-state index contributed by atoms with van der Waals surface area (Å²) >= 11 is 0. The number of allylic oxidation sites excluding steroid dienone is 6. The van der Waals surface area contributed by atoms with E-state index in [0.717, 1.165) is 49.7 Å². The molecule has 35 heavy (non-hydrogen) atoms. The van der Waals surface area contributed by atoms with Crippen LogP contribution < -0.4 is 0 Å². The first kappa shape index (κ1) is 28.5. The SMILES string of the molecule is CC(C)=CCCC(C)=CCC(OC(CC=C(C)CCC=C(C)C)c1ccncc1)c1ccncc1. The van der Waals surface area contributed by atoms with Gasteiger partial charge in [0.2, 0.25) is 0 Å². The number of nitrogens with zero attached hydrogens (tertiary/aromatic N) is 2. The molecule has 2 unspecified atom stereocenters. The van der Waals surface area contributed by atoms with Crippen LogP contribution in [0, 0.1) is 0 Å². The maximum atomic E-state index is 6.84. The average molecular weight is 473 g/mol. The lowest BCUT2D eigenvalue weighted by Gasteiger charge is -2.25. The quantitative estimate of drug-likeness (QED) is 0.257. The van der Waals surface area contributed by atoms with Gasteiger partial charge in [0.1, 0.15) is 0 Å². The predicted molar refractivity (Wildman–Crippen MR) is 149 cm³/mol. The summed E-state index contributed by atoms with van der Waals surface area (Å²) in [5.41, 5.74) is 7.88. The molecular weight excluding hydrogens is 428 g/mol. The van der Waals surface area contributed by atoms with Crippen LogP contribution in [0.5, 0.6) is 0 Å². The third-order valence-corrected chi connectivity index (χ3v) is 6.03. The molecular formula is C32H44N2O. The topological polar surface area (TPSA) is 35.0 Å². The molecule has 0 N–H and O–H groups in total. The molecule has 2 heterocycles. The molecule has 0 radical (unpaired) electrons. The molecule has 2 rings (SSSR count). The minimum Gasteiger partial charge on any atom is -0.365 e. The summed E-state index contributed by atoms with van der Waals surface area (Å²) in [6, 6.07) is 8.28. The maximum absolute atomic E-state index is 6.84. The van der Waals surface area contributed by atoms with Crippen molar-refractivity contribution in [1.82, 2.24) is 9.97 Å². The van der Waals surface area contributed by atoms with Crippen molar-refractivity contribution in [2.45, 2.75) is 92.3 Å². The Morgan fingerprint density at radius 2 is 1.00 bits per heavy atom. The lowest BCUT2D eigenvalue weighted by Crippen LogP contribution is -2.11. The second kappa shape index (κ2) is 16.0. The molecule has 0 saturated carbocycles. The summed E-state index contributed by atoms with van der Waals surface area (Å²) in [6.07, 6.45) is 22.7. The number of rotatable bonds is 14. The fraction of sp³-hybridized carbons (Fsp3) is 0.438. The fourth-order valence-electron chi connectivity index (χ4n) is 3.89. The molecule has 0 aliphatic rings. The first-order valence-corrected chi connectivity index (χ1v) is 12.9. The Kier molecular flexibility index (Phi) is 13.0. The van der Waals surface area contributed by atoms with E-state index in [9.17, 15) is 0 Å². The van der Waals surface area contributed by atoms with Crippen LogP contribution in [0.25, 0.3) is 0 Å². The molecule has 0 spiro atoms. The van der Waals surface area contributed by atoms with Gasteiger partial charge in [0, 0.05) is 24.8 Å². The van der Waals surface area contributed by atoms with E-state index in [4.69, 9.17) is 4.74 Å². The van der Waals surface area contributed by atoms with E-state index >= 15 is 0 Å². The van der Waals surface area contributed by atoms with E-state index in [-0.39, 0.29) is 12.2 Å². The maximum Gasteiger partial charge on any atom is 0.0869 e. The standard InChI is InChI=1S/C32H44N2O/c1-25(2)9-7-11-27(5)13-15-31(29-17-21-33-22-18-29)35-32(30-19-23-34-24-20-30)16-14-28(6)12-8-10-26(3)4/h9-10,13-14,17-24,31-32H,7-8,11-12,15-16H2,1-6H3. The second-order valence-electron chi connectivity index (χ2n) is 9.89.